The maximum atomic E-state index is 6.25. The van der Waals surface area contributed by atoms with Crippen LogP contribution in [0.4, 0.5) is 17.1 Å². The van der Waals surface area contributed by atoms with Gasteiger partial charge in [-0.1, -0.05) is 140 Å². The van der Waals surface area contributed by atoms with Crippen LogP contribution >= 0.6 is 11.3 Å². The second kappa shape index (κ2) is 13.1. The molecule has 0 aliphatic carbocycles. The number of oxazole rings is 1. The molecule has 2 aromatic heterocycles. The van der Waals surface area contributed by atoms with Crippen molar-refractivity contribution in [1.29, 1.82) is 0 Å². The van der Waals surface area contributed by atoms with E-state index in [0.717, 1.165) is 39.3 Å². The molecular formula is C49H32N2OS. The van der Waals surface area contributed by atoms with Crippen molar-refractivity contribution in [3.05, 3.63) is 194 Å². The second-order valence-corrected chi connectivity index (χ2v) is 14.3. The van der Waals surface area contributed by atoms with Crippen molar-refractivity contribution < 1.29 is 4.42 Å². The number of benzene rings is 8. The summed E-state index contributed by atoms with van der Waals surface area (Å²) in [5, 5.41) is 2.40. The molecule has 0 aliphatic rings. The van der Waals surface area contributed by atoms with Crippen LogP contribution < -0.4 is 4.90 Å². The van der Waals surface area contributed by atoms with Crippen LogP contribution in [0.15, 0.2) is 199 Å². The largest absolute Gasteiger partial charge is 0.436 e. The van der Waals surface area contributed by atoms with Gasteiger partial charge in [-0.05, 0) is 76.3 Å². The third-order valence-corrected chi connectivity index (χ3v) is 11.0. The SMILES string of the molecule is c1ccc(-c2ccc(-c3ccccc3N(c3ccc(-c4ccccc4)cc3)c3ccc4c(c3)sc3cc5oc(-c6ccccc6)nc5cc34)cc2)cc1. The van der Waals surface area contributed by atoms with E-state index in [0.29, 0.717) is 5.89 Å². The third-order valence-electron chi connectivity index (χ3n) is 9.92. The number of rotatable bonds is 7. The highest BCUT2D eigenvalue weighted by atomic mass is 32.1. The van der Waals surface area contributed by atoms with Gasteiger partial charge in [-0.15, -0.1) is 11.3 Å². The van der Waals surface area contributed by atoms with E-state index >= 15 is 0 Å². The quantitative estimate of drug-likeness (QED) is 0.166. The third kappa shape index (κ3) is 5.76. The number of thiophene rings is 1. The molecule has 0 unspecified atom stereocenters. The van der Waals surface area contributed by atoms with E-state index < -0.39 is 0 Å². The molecule has 53 heavy (non-hydrogen) atoms. The van der Waals surface area contributed by atoms with Gasteiger partial charge in [0, 0.05) is 48.7 Å². The number of anilines is 3. The summed E-state index contributed by atoms with van der Waals surface area (Å²) in [4.78, 5) is 7.25. The summed E-state index contributed by atoms with van der Waals surface area (Å²) in [5.74, 6) is 0.646. The second-order valence-electron chi connectivity index (χ2n) is 13.2. The van der Waals surface area contributed by atoms with Crippen LogP contribution in [0.2, 0.25) is 0 Å². The van der Waals surface area contributed by atoms with E-state index in [2.05, 4.69) is 169 Å². The van der Waals surface area contributed by atoms with Crippen LogP contribution in [-0.2, 0) is 0 Å². The van der Waals surface area contributed by atoms with Crippen molar-refractivity contribution in [2.24, 2.45) is 0 Å². The van der Waals surface area contributed by atoms with E-state index in [1.807, 2.05) is 30.3 Å². The normalized spacial score (nSPS) is 11.4. The van der Waals surface area contributed by atoms with Crippen molar-refractivity contribution in [3.63, 3.8) is 0 Å². The molecule has 0 saturated carbocycles. The molecule has 0 radical (unpaired) electrons. The van der Waals surface area contributed by atoms with Gasteiger partial charge in [0.1, 0.15) is 5.52 Å². The summed E-state index contributed by atoms with van der Waals surface area (Å²) in [6, 6.07) is 68.9. The Labute approximate surface area is 311 Å². The minimum Gasteiger partial charge on any atom is -0.436 e. The van der Waals surface area contributed by atoms with Crippen LogP contribution in [0.5, 0.6) is 0 Å². The average molecular weight is 697 g/mol. The van der Waals surface area contributed by atoms with E-state index in [1.54, 1.807) is 11.3 Å². The lowest BCUT2D eigenvalue weighted by molar-refractivity contribution is 0.620. The van der Waals surface area contributed by atoms with Gasteiger partial charge in [-0.3, -0.25) is 0 Å². The molecule has 0 bridgehead atoms. The summed E-state index contributed by atoms with van der Waals surface area (Å²) >= 11 is 1.79. The van der Waals surface area contributed by atoms with Crippen molar-refractivity contribution in [2.75, 3.05) is 4.90 Å². The molecule has 4 heteroatoms. The van der Waals surface area contributed by atoms with Crippen molar-refractivity contribution >= 4 is 59.7 Å². The molecule has 8 aromatic carbocycles. The van der Waals surface area contributed by atoms with Gasteiger partial charge in [0.05, 0.1) is 5.69 Å². The molecule has 0 saturated heterocycles. The molecule has 250 valence electrons. The van der Waals surface area contributed by atoms with E-state index in [1.165, 1.54) is 48.0 Å². The fraction of sp³-hybridized carbons (Fsp3) is 0. The zero-order valence-electron chi connectivity index (χ0n) is 28.7. The number of hydrogen-bond donors (Lipinski definition) is 0. The molecule has 0 spiro atoms. The summed E-state index contributed by atoms with van der Waals surface area (Å²) in [6.07, 6.45) is 0. The van der Waals surface area contributed by atoms with Gasteiger partial charge in [0.25, 0.3) is 0 Å². The molecule has 0 fully saturated rings. The van der Waals surface area contributed by atoms with Crippen LogP contribution in [0.1, 0.15) is 0 Å². The highest BCUT2D eigenvalue weighted by Gasteiger charge is 2.19. The topological polar surface area (TPSA) is 29.3 Å². The Morgan fingerprint density at radius 2 is 0.943 bits per heavy atom. The van der Waals surface area contributed by atoms with Crippen molar-refractivity contribution in [2.45, 2.75) is 0 Å². The van der Waals surface area contributed by atoms with Gasteiger partial charge in [-0.25, -0.2) is 4.98 Å². The summed E-state index contributed by atoms with van der Waals surface area (Å²) in [5.41, 5.74) is 13.1. The van der Waals surface area contributed by atoms with Gasteiger partial charge >= 0.3 is 0 Å². The van der Waals surface area contributed by atoms with E-state index in [9.17, 15) is 0 Å². The van der Waals surface area contributed by atoms with Gasteiger partial charge < -0.3 is 9.32 Å². The maximum Gasteiger partial charge on any atom is 0.227 e. The number of para-hydroxylation sites is 1. The number of hydrogen-bond acceptors (Lipinski definition) is 4. The Bertz CT molecular complexity index is 2860. The van der Waals surface area contributed by atoms with Crippen LogP contribution in [0.3, 0.4) is 0 Å². The fourth-order valence-corrected chi connectivity index (χ4v) is 8.43. The first-order chi connectivity index (χ1) is 26.2. The Hall–Kier alpha value is -6.75. The lowest BCUT2D eigenvalue weighted by Crippen LogP contribution is -2.11. The Kier molecular flexibility index (Phi) is 7.67. The molecule has 10 aromatic rings. The van der Waals surface area contributed by atoms with Crippen molar-refractivity contribution in [3.8, 4) is 44.8 Å². The Balaban J connectivity index is 1.09. The highest BCUT2D eigenvalue weighted by molar-refractivity contribution is 7.25. The predicted octanol–water partition coefficient (Wildman–Crippen LogP) is 14.3. The highest BCUT2D eigenvalue weighted by Crippen LogP contribution is 2.45. The lowest BCUT2D eigenvalue weighted by Gasteiger charge is -2.28. The van der Waals surface area contributed by atoms with Crippen molar-refractivity contribution in [1.82, 2.24) is 4.98 Å². The zero-order valence-corrected chi connectivity index (χ0v) is 29.5. The number of aromatic nitrogens is 1. The monoisotopic (exact) mass is 696 g/mol. The lowest BCUT2D eigenvalue weighted by atomic mass is 9.98. The first-order valence-corrected chi connectivity index (χ1v) is 18.6. The van der Waals surface area contributed by atoms with Crippen LogP contribution in [0.25, 0.3) is 76.1 Å². The molecule has 0 aliphatic heterocycles. The maximum absolute atomic E-state index is 6.25. The van der Waals surface area contributed by atoms with Crippen LogP contribution in [0, 0.1) is 0 Å². The first-order valence-electron chi connectivity index (χ1n) is 17.8. The number of nitrogens with zero attached hydrogens (tertiary/aromatic N) is 2. The molecular weight excluding hydrogens is 665 g/mol. The van der Waals surface area contributed by atoms with Crippen LogP contribution in [-0.4, -0.2) is 4.98 Å². The van der Waals surface area contributed by atoms with Gasteiger partial charge in [0.15, 0.2) is 5.58 Å². The van der Waals surface area contributed by atoms with Gasteiger partial charge in [-0.2, -0.15) is 0 Å². The zero-order chi connectivity index (χ0) is 35.1. The minimum atomic E-state index is 0.646. The minimum absolute atomic E-state index is 0.646. The summed E-state index contributed by atoms with van der Waals surface area (Å²) < 4.78 is 8.64. The summed E-state index contributed by atoms with van der Waals surface area (Å²) in [6.45, 7) is 0. The summed E-state index contributed by atoms with van der Waals surface area (Å²) in [7, 11) is 0. The standard InChI is InChI=1S/C49H32N2OS/c1-4-12-33(13-5-1)35-20-22-37(23-21-35)41-18-10-11-19-45(41)51(39-26-24-36(25-27-39)34-14-6-2-7-15-34)40-28-29-42-43-31-44-46(32-48(43)53-47(42)30-40)52-49(50-44)38-16-8-3-9-17-38/h1-32H. The smallest absolute Gasteiger partial charge is 0.227 e. The molecule has 0 amide bonds. The molecule has 10 rings (SSSR count). The Morgan fingerprint density at radius 3 is 1.62 bits per heavy atom. The number of fused-ring (bicyclic) bond motifs is 4. The molecule has 0 atom stereocenters. The average Bonchev–Trinajstić information content (AvgIpc) is 3.82. The Morgan fingerprint density at radius 1 is 0.415 bits per heavy atom. The molecule has 2 heterocycles. The molecule has 0 N–H and O–H groups in total. The molecule has 3 nitrogen and oxygen atoms in total. The fourth-order valence-electron chi connectivity index (χ4n) is 7.28. The first kappa shape index (κ1) is 31.0. The van der Waals surface area contributed by atoms with E-state index in [4.69, 9.17) is 9.40 Å². The predicted molar refractivity (Wildman–Crippen MR) is 223 cm³/mol. The van der Waals surface area contributed by atoms with Gasteiger partial charge in [0.2, 0.25) is 5.89 Å². The van der Waals surface area contributed by atoms with E-state index in [-0.39, 0.29) is 0 Å².